The SMILES string of the molecule is CCCNCC(O)CSc1ncn[nH]1. The molecule has 5 nitrogen and oxygen atoms in total. The second-order valence-corrected chi connectivity index (χ2v) is 3.97. The fourth-order valence-electron chi connectivity index (χ4n) is 0.943. The summed E-state index contributed by atoms with van der Waals surface area (Å²) in [6.07, 6.45) is 2.21. The molecule has 0 aliphatic rings. The maximum absolute atomic E-state index is 9.53. The van der Waals surface area contributed by atoms with Gasteiger partial charge in [-0.1, -0.05) is 18.7 Å². The number of aliphatic hydroxyl groups is 1. The van der Waals surface area contributed by atoms with E-state index in [0.717, 1.165) is 18.1 Å². The number of nitrogens with zero attached hydrogens (tertiary/aromatic N) is 2. The summed E-state index contributed by atoms with van der Waals surface area (Å²) in [4.78, 5) is 3.95. The van der Waals surface area contributed by atoms with Crippen molar-refractivity contribution in [2.24, 2.45) is 0 Å². The van der Waals surface area contributed by atoms with Crippen molar-refractivity contribution in [3.8, 4) is 0 Å². The Morgan fingerprint density at radius 1 is 1.71 bits per heavy atom. The zero-order valence-electron chi connectivity index (χ0n) is 8.23. The largest absolute Gasteiger partial charge is 0.391 e. The Morgan fingerprint density at radius 3 is 3.21 bits per heavy atom. The van der Waals surface area contributed by atoms with E-state index in [0.29, 0.717) is 12.3 Å². The summed E-state index contributed by atoms with van der Waals surface area (Å²) >= 11 is 1.47. The summed E-state index contributed by atoms with van der Waals surface area (Å²) in [6, 6.07) is 0. The highest BCUT2D eigenvalue weighted by molar-refractivity contribution is 7.99. The molecule has 1 aromatic heterocycles. The minimum atomic E-state index is -0.336. The van der Waals surface area contributed by atoms with E-state index in [1.165, 1.54) is 18.1 Å². The Balaban J connectivity index is 2.06. The van der Waals surface area contributed by atoms with E-state index in [4.69, 9.17) is 0 Å². The summed E-state index contributed by atoms with van der Waals surface area (Å²) in [7, 11) is 0. The van der Waals surface area contributed by atoms with Gasteiger partial charge in [0.05, 0.1) is 6.10 Å². The van der Waals surface area contributed by atoms with Crippen LogP contribution in [0.2, 0.25) is 0 Å². The summed E-state index contributed by atoms with van der Waals surface area (Å²) in [5, 5.41) is 19.9. The van der Waals surface area contributed by atoms with Gasteiger partial charge < -0.3 is 10.4 Å². The molecule has 0 radical (unpaired) electrons. The van der Waals surface area contributed by atoms with E-state index in [1.807, 2.05) is 0 Å². The van der Waals surface area contributed by atoms with E-state index in [-0.39, 0.29) is 6.10 Å². The summed E-state index contributed by atoms with van der Waals surface area (Å²) in [5.41, 5.74) is 0. The van der Waals surface area contributed by atoms with Crippen LogP contribution in [-0.2, 0) is 0 Å². The molecule has 0 fully saturated rings. The van der Waals surface area contributed by atoms with Crippen molar-refractivity contribution >= 4 is 11.8 Å². The molecule has 80 valence electrons. The van der Waals surface area contributed by atoms with Crippen molar-refractivity contribution in [3.05, 3.63) is 6.33 Å². The average molecular weight is 216 g/mol. The first-order valence-electron chi connectivity index (χ1n) is 4.70. The number of nitrogens with one attached hydrogen (secondary N) is 2. The molecule has 0 aliphatic heterocycles. The number of aliphatic hydroxyl groups excluding tert-OH is 1. The zero-order valence-corrected chi connectivity index (χ0v) is 9.05. The molecule has 0 amide bonds. The molecule has 3 N–H and O–H groups in total. The molecule has 1 aromatic rings. The number of hydrogen-bond donors (Lipinski definition) is 3. The van der Waals surface area contributed by atoms with E-state index in [9.17, 15) is 5.11 Å². The predicted octanol–water partition coefficient (Wildman–Crippen LogP) is 0.257. The lowest BCUT2D eigenvalue weighted by Crippen LogP contribution is -2.28. The van der Waals surface area contributed by atoms with Gasteiger partial charge in [-0.2, -0.15) is 5.10 Å². The van der Waals surface area contributed by atoms with Gasteiger partial charge in [-0.15, -0.1) is 0 Å². The first-order valence-corrected chi connectivity index (χ1v) is 5.68. The zero-order chi connectivity index (χ0) is 10.2. The van der Waals surface area contributed by atoms with Crippen molar-refractivity contribution in [2.45, 2.75) is 24.6 Å². The Hall–Kier alpha value is -0.590. The van der Waals surface area contributed by atoms with Crippen LogP contribution in [0.1, 0.15) is 13.3 Å². The minimum absolute atomic E-state index is 0.336. The van der Waals surface area contributed by atoms with Crippen LogP contribution in [0.15, 0.2) is 11.5 Å². The molecular weight excluding hydrogens is 200 g/mol. The number of thioether (sulfide) groups is 1. The van der Waals surface area contributed by atoms with E-state index in [2.05, 4.69) is 27.4 Å². The Kier molecular flexibility index (Phi) is 5.58. The number of hydrogen-bond acceptors (Lipinski definition) is 5. The van der Waals surface area contributed by atoms with Gasteiger partial charge in [-0.25, -0.2) is 4.98 Å². The molecule has 1 heterocycles. The lowest BCUT2D eigenvalue weighted by Gasteiger charge is -2.09. The Labute approximate surface area is 87.7 Å². The van der Waals surface area contributed by atoms with Gasteiger partial charge in [0.2, 0.25) is 0 Å². The normalized spacial score (nSPS) is 13.0. The van der Waals surface area contributed by atoms with Crippen LogP contribution < -0.4 is 5.32 Å². The van der Waals surface area contributed by atoms with E-state index < -0.39 is 0 Å². The van der Waals surface area contributed by atoms with Crippen LogP contribution >= 0.6 is 11.8 Å². The van der Waals surface area contributed by atoms with Gasteiger partial charge in [-0.3, -0.25) is 5.10 Å². The van der Waals surface area contributed by atoms with E-state index in [1.54, 1.807) is 0 Å². The summed E-state index contributed by atoms with van der Waals surface area (Å²) < 4.78 is 0. The van der Waals surface area contributed by atoms with Gasteiger partial charge in [0.15, 0.2) is 5.16 Å². The molecule has 0 aliphatic carbocycles. The van der Waals surface area contributed by atoms with Crippen LogP contribution in [0, 0.1) is 0 Å². The van der Waals surface area contributed by atoms with Crippen LogP contribution in [-0.4, -0.2) is 45.2 Å². The quantitative estimate of drug-likeness (QED) is 0.450. The van der Waals surface area contributed by atoms with E-state index >= 15 is 0 Å². The molecule has 0 saturated heterocycles. The number of H-pyrrole nitrogens is 1. The monoisotopic (exact) mass is 216 g/mol. The minimum Gasteiger partial charge on any atom is -0.391 e. The standard InChI is InChI=1S/C8H16N4OS/c1-2-3-9-4-7(13)5-14-8-10-6-11-12-8/h6-7,9,13H,2-5H2,1H3,(H,10,11,12). The van der Waals surface area contributed by atoms with Crippen LogP contribution in [0.3, 0.4) is 0 Å². The molecule has 0 spiro atoms. The molecule has 0 saturated carbocycles. The van der Waals surface area contributed by atoms with Crippen molar-refractivity contribution < 1.29 is 5.11 Å². The van der Waals surface area contributed by atoms with Crippen molar-refractivity contribution in [3.63, 3.8) is 0 Å². The van der Waals surface area contributed by atoms with Crippen LogP contribution in [0.25, 0.3) is 0 Å². The highest BCUT2D eigenvalue weighted by Gasteiger charge is 2.05. The fourth-order valence-corrected chi connectivity index (χ4v) is 1.65. The topological polar surface area (TPSA) is 73.8 Å². The second kappa shape index (κ2) is 6.80. The third kappa shape index (κ3) is 4.59. The first-order chi connectivity index (χ1) is 6.83. The lowest BCUT2D eigenvalue weighted by molar-refractivity contribution is 0.196. The predicted molar refractivity (Wildman–Crippen MR) is 56.3 cm³/mol. The summed E-state index contributed by atoms with van der Waals surface area (Å²) in [6.45, 7) is 3.68. The molecule has 14 heavy (non-hydrogen) atoms. The van der Waals surface area contributed by atoms with Gasteiger partial charge in [0, 0.05) is 12.3 Å². The molecule has 1 unspecified atom stereocenters. The molecule has 1 atom stereocenters. The average Bonchev–Trinajstić information content (AvgIpc) is 2.68. The third-order valence-electron chi connectivity index (χ3n) is 1.61. The third-order valence-corrected chi connectivity index (χ3v) is 2.63. The van der Waals surface area contributed by atoms with Crippen molar-refractivity contribution in [1.82, 2.24) is 20.5 Å². The smallest absolute Gasteiger partial charge is 0.183 e. The second-order valence-electron chi connectivity index (χ2n) is 2.96. The molecule has 1 rings (SSSR count). The highest BCUT2D eigenvalue weighted by atomic mass is 32.2. The van der Waals surface area contributed by atoms with Gasteiger partial charge in [0.1, 0.15) is 6.33 Å². The number of aromatic nitrogens is 3. The van der Waals surface area contributed by atoms with Gasteiger partial charge >= 0.3 is 0 Å². The van der Waals surface area contributed by atoms with Crippen molar-refractivity contribution in [2.75, 3.05) is 18.8 Å². The molecule has 6 heteroatoms. The van der Waals surface area contributed by atoms with Crippen LogP contribution in [0.5, 0.6) is 0 Å². The maximum atomic E-state index is 9.53. The number of aromatic amines is 1. The van der Waals surface area contributed by atoms with Gasteiger partial charge in [0.25, 0.3) is 0 Å². The lowest BCUT2D eigenvalue weighted by atomic mass is 10.4. The highest BCUT2D eigenvalue weighted by Crippen LogP contribution is 2.11. The number of rotatable bonds is 7. The maximum Gasteiger partial charge on any atom is 0.183 e. The first kappa shape index (κ1) is 11.5. The molecule has 0 bridgehead atoms. The summed E-state index contributed by atoms with van der Waals surface area (Å²) in [5.74, 6) is 0.631. The van der Waals surface area contributed by atoms with Gasteiger partial charge in [-0.05, 0) is 13.0 Å². The molecule has 0 aromatic carbocycles. The fraction of sp³-hybridized carbons (Fsp3) is 0.750. The van der Waals surface area contributed by atoms with Crippen molar-refractivity contribution in [1.29, 1.82) is 0 Å². The Bertz CT molecular complexity index is 229. The molecular formula is C8H16N4OS. The Morgan fingerprint density at radius 2 is 2.57 bits per heavy atom. The van der Waals surface area contributed by atoms with Crippen LogP contribution in [0.4, 0.5) is 0 Å².